The lowest BCUT2D eigenvalue weighted by atomic mass is 9.98. The van der Waals surface area contributed by atoms with Crippen LogP contribution in [0.5, 0.6) is 5.75 Å². The van der Waals surface area contributed by atoms with Crippen LogP contribution in [0.3, 0.4) is 0 Å². The highest BCUT2D eigenvalue weighted by Gasteiger charge is 2.17. The molecular weight excluding hydrogens is 340 g/mol. The minimum absolute atomic E-state index is 0.00717. The minimum Gasteiger partial charge on any atom is -0.497 e. The van der Waals surface area contributed by atoms with Crippen molar-refractivity contribution < 1.29 is 14.3 Å². The van der Waals surface area contributed by atoms with Gasteiger partial charge in [-0.15, -0.1) is 0 Å². The fourth-order valence-electron chi connectivity index (χ4n) is 2.92. The molecule has 1 N–H and O–H groups in total. The van der Waals surface area contributed by atoms with Crippen LogP contribution < -0.4 is 10.1 Å². The second-order valence-corrected chi connectivity index (χ2v) is 6.97. The molecule has 0 bridgehead atoms. The van der Waals surface area contributed by atoms with Gasteiger partial charge >= 0.3 is 0 Å². The predicted molar refractivity (Wildman–Crippen MR) is 108 cm³/mol. The SMILES string of the molecule is COc1ccc(CN(CC(=O)Nc2c(C)cccc2C(C)C)C(C)=O)cc1. The quantitative estimate of drug-likeness (QED) is 0.800. The highest BCUT2D eigenvalue weighted by Crippen LogP contribution is 2.27. The molecule has 0 spiro atoms. The number of amides is 2. The van der Waals surface area contributed by atoms with Gasteiger partial charge in [-0.2, -0.15) is 0 Å². The number of aryl methyl sites for hydroxylation is 1. The summed E-state index contributed by atoms with van der Waals surface area (Å²) < 4.78 is 5.15. The number of hydrogen-bond donors (Lipinski definition) is 1. The van der Waals surface area contributed by atoms with Crippen LogP contribution >= 0.6 is 0 Å². The van der Waals surface area contributed by atoms with Gasteiger partial charge in [0.15, 0.2) is 0 Å². The number of nitrogens with zero attached hydrogens (tertiary/aromatic N) is 1. The van der Waals surface area contributed by atoms with Gasteiger partial charge in [0.1, 0.15) is 12.3 Å². The van der Waals surface area contributed by atoms with E-state index in [1.165, 1.54) is 11.8 Å². The molecule has 2 amide bonds. The second-order valence-electron chi connectivity index (χ2n) is 6.97. The van der Waals surface area contributed by atoms with Crippen molar-refractivity contribution in [2.75, 3.05) is 19.0 Å². The van der Waals surface area contributed by atoms with Crippen molar-refractivity contribution in [3.63, 3.8) is 0 Å². The Labute approximate surface area is 161 Å². The summed E-state index contributed by atoms with van der Waals surface area (Å²) in [6, 6.07) is 13.5. The van der Waals surface area contributed by atoms with Crippen LogP contribution in [0, 0.1) is 6.92 Å². The Bertz CT molecular complexity index is 798. The Morgan fingerprint density at radius 1 is 1.11 bits per heavy atom. The summed E-state index contributed by atoms with van der Waals surface area (Å²) in [6.07, 6.45) is 0. The fraction of sp³-hybridized carbons (Fsp3) is 0.364. The monoisotopic (exact) mass is 368 g/mol. The lowest BCUT2D eigenvalue weighted by Gasteiger charge is -2.22. The van der Waals surface area contributed by atoms with E-state index >= 15 is 0 Å². The summed E-state index contributed by atoms with van der Waals surface area (Å²) in [4.78, 5) is 26.2. The first-order valence-electron chi connectivity index (χ1n) is 9.09. The molecule has 5 heteroatoms. The number of rotatable bonds is 7. The summed E-state index contributed by atoms with van der Waals surface area (Å²) in [6.45, 7) is 8.02. The molecule has 27 heavy (non-hydrogen) atoms. The number of ether oxygens (including phenoxy) is 1. The topological polar surface area (TPSA) is 58.6 Å². The lowest BCUT2D eigenvalue weighted by molar-refractivity contribution is -0.133. The van der Waals surface area contributed by atoms with Gasteiger partial charge < -0.3 is 15.0 Å². The molecule has 0 radical (unpaired) electrons. The van der Waals surface area contributed by atoms with Gasteiger partial charge in [-0.25, -0.2) is 0 Å². The van der Waals surface area contributed by atoms with E-state index in [-0.39, 0.29) is 18.4 Å². The van der Waals surface area contributed by atoms with E-state index in [0.29, 0.717) is 12.5 Å². The Morgan fingerprint density at radius 2 is 1.78 bits per heavy atom. The van der Waals surface area contributed by atoms with Crippen molar-refractivity contribution in [3.05, 3.63) is 59.2 Å². The molecule has 2 aromatic carbocycles. The zero-order valence-electron chi connectivity index (χ0n) is 16.7. The van der Waals surface area contributed by atoms with E-state index in [1.54, 1.807) is 7.11 Å². The average Bonchev–Trinajstić information content (AvgIpc) is 2.63. The molecule has 0 atom stereocenters. The molecule has 0 fully saturated rings. The van der Waals surface area contributed by atoms with Gasteiger partial charge in [-0.05, 0) is 41.7 Å². The van der Waals surface area contributed by atoms with Crippen LogP contribution in [0.15, 0.2) is 42.5 Å². The van der Waals surface area contributed by atoms with Gasteiger partial charge in [0.2, 0.25) is 11.8 Å². The van der Waals surface area contributed by atoms with Gasteiger partial charge in [0.25, 0.3) is 0 Å². The smallest absolute Gasteiger partial charge is 0.244 e. The number of carbonyl (C=O) groups excluding carboxylic acids is 2. The van der Waals surface area contributed by atoms with Crippen LogP contribution in [-0.4, -0.2) is 30.4 Å². The van der Waals surface area contributed by atoms with E-state index in [1.807, 2.05) is 49.4 Å². The van der Waals surface area contributed by atoms with Crippen LogP contribution in [-0.2, 0) is 16.1 Å². The Kier molecular flexibility index (Phi) is 6.99. The van der Waals surface area contributed by atoms with Crippen molar-refractivity contribution in [2.24, 2.45) is 0 Å². The number of hydrogen-bond acceptors (Lipinski definition) is 3. The molecule has 0 aliphatic rings. The number of benzene rings is 2. The average molecular weight is 368 g/mol. The molecule has 2 rings (SSSR count). The zero-order chi connectivity index (χ0) is 20.0. The second kappa shape index (κ2) is 9.21. The van der Waals surface area contributed by atoms with Crippen molar-refractivity contribution in [2.45, 2.75) is 40.2 Å². The third-order valence-corrected chi connectivity index (χ3v) is 4.50. The van der Waals surface area contributed by atoms with E-state index < -0.39 is 0 Å². The molecule has 0 aliphatic carbocycles. The number of nitrogens with one attached hydrogen (secondary N) is 1. The summed E-state index contributed by atoms with van der Waals surface area (Å²) in [5.41, 5.74) is 3.88. The summed E-state index contributed by atoms with van der Waals surface area (Å²) in [7, 11) is 1.61. The van der Waals surface area contributed by atoms with Gasteiger partial charge in [0, 0.05) is 19.2 Å². The third-order valence-electron chi connectivity index (χ3n) is 4.50. The first-order valence-corrected chi connectivity index (χ1v) is 9.09. The standard InChI is InChI=1S/C22H28N2O3/c1-15(2)20-8-6-7-16(3)22(20)23-21(26)14-24(17(4)25)13-18-9-11-19(27-5)12-10-18/h6-12,15H,13-14H2,1-5H3,(H,23,26). The number of para-hydroxylation sites is 1. The minimum atomic E-state index is -0.199. The van der Waals surface area contributed by atoms with Crippen molar-refractivity contribution in [1.29, 1.82) is 0 Å². The molecule has 0 unspecified atom stereocenters. The number of carbonyl (C=O) groups is 2. The molecule has 0 saturated heterocycles. The normalized spacial score (nSPS) is 10.6. The maximum atomic E-state index is 12.6. The van der Waals surface area contributed by atoms with Crippen molar-refractivity contribution >= 4 is 17.5 Å². The number of methoxy groups -OCH3 is 1. The Balaban J connectivity index is 2.10. The van der Waals surface area contributed by atoms with Crippen molar-refractivity contribution in [1.82, 2.24) is 4.90 Å². The van der Waals surface area contributed by atoms with E-state index in [0.717, 1.165) is 28.1 Å². The first kappa shape index (κ1) is 20.5. The fourth-order valence-corrected chi connectivity index (χ4v) is 2.92. The summed E-state index contributed by atoms with van der Waals surface area (Å²) in [5, 5.41) is 3.00. The van der Waals surface area contributed by atoms with Crippen LogP contribution in [0.4, 0.5) is 5.69 Å². The third kappa shape index (κ3) is 5.58. The van der Waals surface area contributed by atoms with Gasteiger partial charge in [-0.3, -0.25) is 9.59 Å². The van der Waals surface area contributed by atoms with Crippen LogP contribution in [0.2, 0.25) is 0 Å². The van der Waals surface area contributed by atoms with Gasteiger partial charge in [0.05, 0.1) is 7.11 Å². The molecule has 5 nitrogen and oxygen atoms in total. The van der Waals surface area contributed by atoms with Crippen LogP contribution in [0.25, 0.3) is 0 Å². The van der Waals surface area contributed by atoms with Crippen LogP contribution in [0.1, 0.15) is 43.4 Å². The van der Waals surface area contributed by atoms with E-state index in [2.05, 4.69) is 19.2 Å². The molecule has 0 saturated carbocycles. The summed E-state index contributed by atoms with van der Waals surface area (Å²) >= 11 is 0. The highest BCUT2D eigenvalue weighted by molar-refractivity contribution is 5.95. The molecular formula is C22H28N2O3. The maximum Gasteiger partial charge on any atom is 0.244 e. The van der Waals surface area contributed by atoms with Gasteiger partial charge in [-0.1, -0.05) is 44.2 Å². The van der Waals surface area contributed by atoms with E-state index in [9.17, 15) is 9.59 Å². The highest BCUT2D eigenvalue weighted by atomic mass is 16.5. The molecule has 2 aromatic rings. The predicted octanol–water partition coefficient (Wildman–Crippen LogP) is 4.11. The molecule has 144 valence electrons. The Morgan fingerprint density at radius 3 is 2.33 bits per heavy atom. The maximum absolute atomic E-state index is 12.6. The first-order chi connectivity index (χ1) is 12.8. The lowest BCUT2D eigenvalue weighted by Crippen LogP contribution is -2.36. The molecule has 0 aliphatic heterocycles. The zero-order valence-corrected chi connectivity index (χ0v) is 16.7. The molecule has 0 aromatic heterocycles. The molecule has 0 heterocycles. The Hall–Kier alpha value is -2.82. The van der Waals surface area contributed by atoms with E-state index in [4.69, 9.17) is 4.74 Å². The largest absolute Gasteiger partial charge is 0.497 e. The number of anilines is 1. The van der Waals surface area contributed by atoms with Crippen molar-refractivity contribution in [3.8, 4) is 5.75 Å². The summed E-state index contributed by atoms with van der Waals surface area (Å²) in [5.74, 6) is 0.708.